The lowest BCUT2D eigenvalue weighted by molar-refractivity contribution is 0.0996. The Morgan fingerprint density at radius 1 is 1.26 bits per heavy atom. The number of aryl methyl sites for hydroxylation is 1. The van der Waals surface area contributed by atoms with Gasteiger partial charge in [0, 0.05) is 6.42 Å². The smallest absolute Gasteiger partial charge is 0.180 e. The summed E-state index contributed by atoms with van der Waals surface area (Å²) in [4.78, 5) is 12.9. The van der Waals surface area contributed by atoms with Gasteiger partial charge in [0.05, 0.1) is 5.69 Å². The molecule has 0 amide bonds. The lowest BCUT2D eigenvalue weighted by atomic mass is 9.99. The zero-order chi connectivity index (χ0) is 13.8. The third-order valence-corrected chi connectivity index (χ3v) is 3.96. The minimum Gasteiger partial charge on any atom is -0.293 e. The molecule has 4 heteroatoms. The molecular formula is C15H18N2OS. The highest BCUT2D eigenvalue weighted by Crippen LogP contribution is 2.18. The Hall–Kier alpha value is -1.55. The molecule has 0 bridgehead atoms. The summed E-state index contributed by atoms with van der Waals surface area (Å²) in [6.07, 6.45) is 1.18. The molecule has 0 unspecified atom stereocenters. The Bertz CT molecular complexity index is 558. The first-order chi connectivity index (χ1) is 9.11. The molecule has 0 saturated heterocycles. The van der Waals surface area contributed by atoms with Crippen LogP contribution in [0.3, 0.4) is 0 Å². The van der Waals surface area contributed by atoms with Crippen molar-refractivity contribution in [3.63, 3.8) is 0 Å². The molecule has 2 rings (SSSR count). The molecule has 100 valence electrons. The van der Waals surface area contributed by atoms with Crippen LogP contribution in [0.15, 0.2) is 24.3 Å². The zero-order valence-corrected chi connectivity index (χ0v) is 12.3. The molecule has 0 N–H and O–H groups in total. The maximum absolute atomic E-state index is 12.2. The molecule has 3 nitrogen and oxygen atoms in total. The van der Waals surface area contributed by atoms with E-state index in [1.165, 1.54) is 17.1 Å². The SMILES string of the molecule is CCc1nnsc1C(=O)Cc1ccc(C(C)C)cc1. The van der Waals surface area contributed by atoms with Gasteiger partial charge in [0.25, 0.3) is 0 Å². The van der Waals surface area contributed by atoms with E-state index in [0.717, 1.165) is 17.7 Å². The van der Waals surface area contributed by atoms with Gasteiger partial charge in [-0.15, -0.1) is 5.10 Å². The van der Waals surface area contributed by atoms with Crippen LogP contribution in [0.5, 0.6) is 0 Å². The predicted molar refractivity (Wildman–Crippen MR) is 77.9 cm³/mol. The van der Waals surface area contributed by atoms with Crippen LogP contribution in [0.25, 0.3) is 0 Å². The van der Waals surface area contributed by atoms with Crippen molar-refractivity contribution in [2.24, 2.45) is 0 Å². The topological polar surface area (TPSA) is 42.9 Å². The number of nitrogens with zero attached hydrogens (tertiary/aromatic N) is 2. The Balaban J connectivity index is 2.11. The van der Waals surface area contributed by atoms with Crippen molar-refractivity contribution in [2.75, 3.05) is 0 Å². The lowest BCUT2D eigenvalue weighted by Gasteiger charge is -2.06. The van der Waals surface area contributed by atoms with Gasteiger partial charge < -0.3 is 0 Å². The zero-order valence-electron chi connectivity index (χ0n) is 11.5. The predicted octanol–water partition coefficient (Wildman–Crippen LogP) is 3.65. The van der Waals surface area contributed by atoms with Crippen LogP contribution in [0.1, 0.15) is 53.2 Å². The van der Waals surface area contributed by atoms with Crippen LogP contribution in [0.2, 0.25) is 0 Å². The maximum Gasteiger partial charge on any atom is 0.180 e. The van der Waals surface area contributed by atoms with E-state index in [9.17, 15) is 4.79 Å². The number of hydrogen-bond acceptors (Lipinski definition) is 4. The van der Waals surface area contributed by atoms with Crippen molar-refractivity contribution in [3.8, 4) is 0 Å². The summed E-state index contributed by atoms with van der Waals surface area (Å²) in [6.45, 7) is 6.32. The largest absolute Gasteiger partial charge is 0.293 e. The van der Waals surface area contributed by atoms with E-state index in [-0.39, 0.29) is 5.78 Å². The lowest BCUT2D eigenvalue weighted by Crippen LogP contribution is -2.04. The molecule has 1 aromatic carbocycles. The van der Waals surface area contributed by atoms with Gasteiger partial charge in [0.1, 0.15) is 4.88 Å². The van der Waals surface area contributed by atoms with Crippen LogP contribution >= 0.6 is 11.5 Å². The van der Waals surface area contributed by atoms with Crippen LogP contribution in [-0.2, 0) is 12.8 Å². The van der Waals surface area contributed by atoms with Crippen LogP contribution < -0.4 is 0 Å². The summed E-state index contributed by atoms with van der Waals surface area (Å²) < 4.78 is 3.86. The van der Waals surface area contributed by atoms with Crippen molar-refractivity contribution in [1.82, 2.24) is 9.59 Å². The summed E-state index contributed by atoms with van der Waals surface area (Å²) >= 11 is 1.20. The summed E-state index contributed by atoms with van der Waals surface area (Å²) in [5.41, 5.74) is 3.16. The highest BCUT2D eigenvalue weighted by molar-refractivity contribution is 7.08. The third-order valence-electron chi connectivity index (χ3n) is 3.15. The van der Waals surface area contributed by atoms with Gasteiger partial charge in [-0.3, -0.25) is 4.79 Å². The molecule has 0 aliphatic carbocycles. The molecule has 0 fully saturated rings. The minimum absolute atomic E-state index is 0.115. The molecule has 0 saturated carbocycles. The van der Waals surface area contributed by atoms with E-state index in [4.69, 9.17) is 0 Å². The van der Waals surface area contributed by atoms with Crippen LogP contribution in [-0.4, -0.2) is 15.4 Å². The monoisotopic (exact) mass is 274 g/mol. The Kier molecular flexibility index (Phi) is 4.43. The van der Waals surface area contributed by atoms with Gasteiger partial charge in [-0.05, 0) is 35.0 Å². The molecule has 2 aromatic rings. The normalized spacial score (nSPS) is 10.9. The number of carbonyl (C=O) groups is 1. The summed E-state index contributed by atoms with van der Waals surface area (Å²) in [6, 6.07) is 8.26. The van der Waals surface area contributed by atoms with E-state index in [1.54, 1.807) is 0 Å². The fraction of sp³-hybridized carbons (Fsp3) is 0.400. The Morgan fingerprint density at radius 3 is 2.53 bits per heavy atom. The average Bonchev–Trinajstić information content (AvgIpc) is 2.87. The highest BCUT2D eigenvalue weighted by Gasteiger charge is 2.15. The molecular weight excluding hydrogens is 256 g/mol. The Morgan fingerprint density at radius 2 is 1.95 bits per heavy atom. The summed E-state index contributed by atoms with van der Waals surface area (Å²) in [5.74, 6) is 0.631. The second-order valence-corrected chi connectivity index (χ2v) is 5.65. The van der Waals surface area contributed by atoms with E-state index in [2.05, 4.69) is 35.6 Å². The third kappa shape index (κ3) is 3.26. The molecule has 0 atom stereocenters. The number of ketones is 1. The average molecular weight is 274 g/mol. The highest BCUT2D eigenvalue weighted by atomic mass is 32.1. The van der Waals surface area contributed by atoms with Gasteiger partial charge in [-0.25, -0.2) is 0 Å². The minimum atomic E-state index is 0.115. The first-order valence-electron chi connectivity index (χ1n) is 6.55. The van der Waals surface area contributed by atoms with Crippen molar-refractivity contribution >= 4 is 17.3 Å². The van der Waals surface area contributed by atoms with Crippen LogP contribution in [0.4, 0.5) is 0 Å². The van der Waals surface area contributed by atoms with Crippen LogP contribution in [0, 0.1) is 0 Å². The number of carbonyl (C=O) groups excluding carboxylic acids is 1. The molecule has 1 heterocycles. The molecule has 19 heavy (non-hydrogen) atoms. The number of hydrogen-bond donors (Lipinski definition) is 0. The summed E-state index contributed by atoms with van der Waals surface area (Å²) in [7, 11) is 0. The maximum atomic E-state index is 12.2. The first kappa shape index (κ1) is 13.9. The van der Waals surface area contributed by atoms with Gasteiger partial charge in [-0.2, -0.15) is 0 Å². The fourth-order valence-corrected chi connectivity index (χ4v) is 2.62. The fourth-order valence-electron chi connectivity index (χ4n) is 1.94. The quantitative estimate of drug-likeness (QED) is 0.782. The van der Waals surface area contributed by atoms with Gasteiger partial charge >= 0.3 is 0 Å². The second-order valence-electron chi connectivity index (χ2n) is 4.90. The van der Waals surface area contributed by atoms with E-state index < -0.39 is 0 Å². The number of aromatic nitrogens is 2. The molecule has 0 spiro atoms. The molecule has 0 aliphatic rings. The van der Waals surface area contributed by atoms with Crippen molar-refractivity contribution in [1.29, 1.82) is 0 Å². The standard InChI is InChI=1S/C15H18N2OS/c1-4-13-15(19-17-16-13)14(18)9-11-5-7-12(8-6-11)10(2)3/h5-8,10H,4,9H2,1-3H3. The number of Topliss-reactive ketones (excluding diaryl/α,β-unsaturated/α-hetero) is 1. The van der Waals surface area contributed by atoms with E-state index in [0.29, 0.717) is 17.2 Å². The van der Waals surface area contributed by atoms with Crippen molar-refractivity contribution in [2.45, 2.75) is 39.5 Å². The van der Waals surface area contributed by atoms with Gasteiger partial charge in [0.2, 0.25) is 0 Å². The molecule has 1 aromatic heterocycles. The van der Waals surface area contributed by atoms with Gasteiger partial charge in [-0.1, -0.05) is 49.5 Å². The molecule has 0 radical (unpaired) electrons. The second kappa shape index (κ2) is 6.06. The van der Waals surface area contributed by atoms with Crippen molar-refractivity contribution < 1.29 is 4.79 Å². The Labute approximate surface area is 117 Å². The van der Waals surface area contributed by atoms with E-state index in [1.807, 2.05) is 19.1 Å². The van der Waals surface area contributed by atoms with Gasteiger partial charge in [0.15, 0.2) is 5.78 Å². The van der Waals surface area contributed by atoms with E-state index >= 15 is 0 Å². The van der Waals surface area contributed by atoms with Crippen molar-refractivity contribution in [3.05, 3.63) is 46.0 Å². The molecule has 0 aliphatic heterocycles. The first-order valence-corrected chi connectivity index (χ1v) is 7.32. The number of rotatable bonds is 5. The summed E-state index contributed by atoms with van der Waals surface area (Å²) in [5, 5.41) is 3.98. The number of benzene rings is 1.